The van der Waals surface area contributed by atoms with Gasteiger partial charge in [-0.3, -0.25) is 4.79 Å². The van der Waals surface area contributed by atoms with Crippen molar-refractivity contribution >= 4 is 5.91 Å². The van der Waals surface area contributed by atoms with Gasteiger partial charge in [0.25, 0.3) is 5.91 Å². The Balaban J connectivity index is 2.11. The number of hydrogen-bond acceptors (Lipinski definition) is 4. The Kier molecular flexibility index (Phi) is 4.30. The van der Waals surface area contributed by atoms with Crippen LogP contribution >= 0.6 is 0 Å². The van der Waals surface area contributed by atoms with Crippen molar-refractivity contribution in [2.45, 2.75) is 19.0 Å². The minimum atomic E-state index is -0.605. The summed E-state index contributed by atoms with van der Waals surface area (Å²) < 4.78 is 0. The molecule has 0 radical (unpaired) electrons. The van der Waals surface area contributed by atoms with E-state index in [-0.39, 0.29) is 19.1 Å². The molecule has 1 heterocycles. The Morgan fingerprint density at radius 2 is 2.11 bits per heavy atom. The third kappa shape index (κ3) is 2.87. The van der Waals surface area contributed by atoms with Gasteiger partial charge < -0.3 is 20.8 Å². The molecule has 1 aromatic rings. The van der Waals surface area contributed by atoms with Gasteiger partial charge in [-0.1, -0.05) is 6.07 Å². The maximum atomic E-state index is 11.9. The maximum absolute atomic E-state index is 11.9. The summed E-state index contributed by atoms with van der Waals surface area (Å²) in [5.74, 6) is -0.267. The molecule has 98 valence electrons. The van der Waals surface area contributed by atoms with Crippen LogP contribution in [0.2, 0.25) is 0 Å². The standard InChI is InChI=1S/C13H18N2O3/c16-7-12(8-17)15-13(18)10-2-1-9-3-4-14-6-11(9)5-10/h1-2,5,12,14,16-17H,3-4,6-8H2,(H,15,18). The van der Waals surface area contributed by atoms with Gasteiger partial charge in [0.1, 0.15) is 0 Å². The maximum Gasteiger partial charge on any atom is 0.251 e. The van der Waals surface area contributed by atoms with Crippen LogP contribution in [0.25, 0.3) is 0 Å². The van der Waals surface area contributed by atoms with Gasteiger partial charge in [-0.15, -0.1) is 0 Å². The fraction of sp³-hybridized carbons (Fsp3) is 0.462. The van der Waals surface area contributed by atoms with Gasteiger partial charge in [0.2, 0.25) is 0 Å². The summed E-state index contributed by atoms with van der Waals surface area (Å²) in [6.07, 6.45) is 0.979. The second kappa shape index (κ2) is 5.95. The normalized spacial score (nSPS) is 14.4. The van der Waals surface area contributed by atoms with Gasteiger partial charge in [-0.2, -0.15) is 0 Å². The molecule has 1 aliphatic heterocycles. The number of fused-ring (bicyclic) bond motifs is 1. The highest BCUT2D eigenvalue weighted by Crippen LogP contribution is 2.15. The van der Waals surface area contributed by atoms with E-state index in [1.165, 1.54) is 5.56 Å². The van der Waals surface area contributed by atoms with Crippen LogP contribution < -0.4 is 10.6 Å². The van der Waals surface area contributed by atoms with Crippen LogP contribution in [-0.2, 0) is 13.0 Å². The average Bonchev–Trinajstić information content (AvgIpc) is 2.44. The number of aliphatic hydroxyl groups is 2. The molecule has 0 saturated heterocycles. The lowest BCUT2D eigenvalue weighted by Gasteiger charge is -2.18. The molecule has 0 fully saturated rings. The van der Waals surface area contributed by atoms with E-state index in [1.807, 2.05) is 12.1 Å². The summed E-state index contributed by atoms with van der Waals surface area (Å²) in [5, 5.41) is 23.7. The first kappa shape index (κ1) is 13.0. The van der Waals surface area contributed by atoms with E-state index in [0.717, 1.165) is 25.1 Å². The molecular weight excluding hydrogens is 232 g/mol. The molecule has 5 heteroatoms. The van der Waals surface area contributed by atoms with Crippen LogP contribution in [0.5, 0.6) is 0 Å². The van der Waals surface area contributed by atoms with E-state index < -0.39 is 6.04 Å². The van der Waals surface area contributed by atoms with Crippen LogP contribution in [0.1, 0.15) is 21.5 Å². The molecule has 2 rings (SSSR count). The molecule has 5 nitrogen and oxygen atoms in total. The molecule has 18 heavy (non-hydrogen) atoms. The van der Waals surface area contributed by atoms with Crippen molar-refractivity contribution in [2.75, 3.05) is 19.8 Å². The number of amides is 1. The zero-order valence-corrected chi connectivity index (χ0v) is 10.1. The minimum Gasteiger partial charge on any atom is -0.394 e. The highest BCUT2D eigenvalue weighted by Gasteiger charge is 2.15. The zero-order chi connectivity index (χ0) is 13.0. The van der Waals surface area contributed by atoms with E-state index in [0.29, 0.717) is 5.56 Å². The molecule has 0 spiro atoms. The van der Waals surface area contributed by atoms with Gasteiger partial charge in [-0.25, -0.2) is 0 Å². The second-order valence-electron chi connectivity index (χ2n) is 4.45. The van der Waals surface area contributed by atoms with Crippen molar-refractivity contribution in [3.8, 4) is 0 Å². The number of rotatable bonds is 4. The van der Waals surface area contributed by atoms with Crippen LogP contribution in [0.4, 0.5) is 0 Å². The topological polar surface area (TPSA) is 81.6 Å². The average molecular weight is 250 g/mol. The van der Waals surface area contributed by atoms with Gasteiger partial charge >= 0.3 is 0 Å². The molecule has 4 N–H and O–H groups in total. The first-order chi connectivity index (χ1) is 8.74. The Bertz CT molecular complexity index is 430. The fourth-order valence-electron chi connectivity index (χ4n) is 2.04. The predicted molar refractivity (Wildman–Crippen MR) is 67.3 cm³/mol. The SMILES string of the molecule is O=C(NC(CO)CO)c1ccc2c(c1)CNCC2. The van der Waals surface area contributed by atoms with E-state index in [2.05, 4.69) is 10.6 Å². The Morgan fingerprint density at radius 3 is 2.83 bits per heavy atom. The molecular formula is C13H18N2O3. The molecule has 0 saturated carbocycles. The Hall–Kier alpha value is -1.43. The molecule has 1 amide bonds. The van der Waals surface area contributed by atoms with E-state index >= 15 is 0 Å². The zero-order valence-electron chi connectivity index (χ0n) is 10.1. The lowest BCUT2D eigenvalue weighted by molar-refractivity contribution is 0.0879. The summed E-state index contributed by atoms with van der Waals surface area (Å²) >= 11 is 0. The second-order valence-corrected chi connectivity index (χ2v) is 4.45. The van der Waals surface area contributed by atoms with Crippen molar-refractivity contribution in [1.82, 2.24) is 10.6 Å². The number of carbonyl (C=O) groups excluding carboxylic acids is 1. The highest BCUT2D eigenvalue weighted by atomic mass is 16.3. The first-order valence-electron chi connectivity index (χ1n) is 6.09. The molecule has 0 aromatic heterocycles. The smallest absolute Gasteiger partial charge is 0.251 e. The number of aliphatic hydroxyl groups excluding tert-OH is 2. The third-order valence-corrected chi connectivity index (χ3v) is 3.13. The van der Waals surface area contributed by atoms with Gasteiger partial charge in [0.15, 0.2) is 0 Å². The van der Waals surface area contributed by atoms with Crippen LogP contribution in [-0.4, -0.2) is 41.9 Å². The molecule has 0 atom stereocenters. The monoisotopic (exact) mass is 250 g/mol. The molecule has 0 bridgehead atoms. The van der Waals surface area contributed by atoms with Crippen molar-refractivity contribution in [3.63, 3.8) is 0 Å². The van der Waals surface area contributed by atoms with E-state index in [9.17, 15) is 4.79 Å². The summed E-state index contributed by atoms with van der Waals surface area (Å²) in [6.45, 7) is 1.21. The fourth-order valence-corrected chi connectivity index (χ4v) is 2.04. The van der Waals surface area contributed by atoms with Gasteiger partial charge in [-0.05, 0) is 36.2 Å². The van der Waals surface area contributed by atoms with Crippen molar-refractivity contribution in [2.24, 2.45) is 0 Å². The molecule has 1 aliphatic rings. The summed E-state index contributed by atoms with van der Waals surface area (Å²) in [4.78, 5) is 11.9. The lowest BCUT2D eigenvalue weighted by atomic mass is 9.98. The van der Waals surface area contributed by atoms with Crippen molar-refractivity contribution in [1.29, 1.82) is 0 Å². The van der Waals surface area contributed by atoms with E-state index in [4.69, 9.17) is 10.2 Å². The largest absolute Gasteiger partial charge is 0.394 e. The number of nitrogens with one attached hydrogen (secondary N) is 2. The molecule has 1 aromatic carbocycles. The number of carbonyl (C=O) groups is 1. The van der Waals surface area contributed by atoms with E-state index in [1.54, 1.807) is 6.07 Å². The summed E-state index contributed by atoms with van der Waals surface area (Å²) in [6, 6.07) is 5.01. The van der Waals surface area contributed by atoms with Gasteiger partial charge in [0, 0.05) is 12.1 Å². The molecule has 0 unspecified atom stereocenters. The third-order valence-electron chi connectivity index (χ3n) is 3.13. The summed E-state index contributed by atoms with van der Waals surface area (Å²) in [7, 11) is 0. The minimum absolute atomic E-state index is 0.267. The highest BCUT2D eigenvalue weighted by molar-refractivity contribution is 5.94. The summed E-state index contributed by atoms with van der Waals surface area (Å²) in [5.41, 5.74) is 2.97. The van der Waals surface area contributed by atoms with Gasteiger partial charge in [0.05, 0.1) is 19.3 Å². The van der Waals surface area contributed by atoms with Crippen LogP contribution in [0.15, 0.2) is 18.2 Å². The Labute approximate surface area is 106 Å². The Morgan fingerprint density at radius 1 is 1.33 bits per heavy atom. The quantitative estimate of drug-likeness (QED) is 0.576. The van der Waals surface area contributed by atoms with Crippen molar-refractivity contribution < 1.29 is 15.0 Å². The number of hydrogen-bond donors (Lipinski definition) is 4. The first-order valence-corrected chi connectivity index (χ1v) is 6.09. The van der Waals surface area contributed by atoms with Crippen molar-refractivity contribution in [3.05, 3.63) is 34.9 Å². The van der Waals surface area contributed by atoms with Crippen LogP contribution in [0.3, 0.4) is 0 Å². The van der Waals surface area contributed by atoms with Crippen LogP contribution in [0, 0.1) is 0 Å². The number of benzene rings is 1. The molecule has 0 aliphatic carbocycles. The predicted octanol–water partition coefficient (Wildman–Crippen LogP) is -0.585. The lowest BCUT2D eigenvalue weighted by Crippen LogP contribution is -2.40.